The normalized spacial score (nSPS) is 19.0. The van der Waals surface area contributed by atoms with Gasteiger partial charge in [0.1, 0.15) is 5.82 Å². The molecule has 21 heavy (non-hydrogen) atoms. The zero-order chi connectivity index (χ0) is 15.1. The van der Waals surface area contributed by atoms with Gasteiger partial charge < -0.3 is 20.1 Å². The minimum atomic E-state index is -0.207. The fourth-order valence-corrected chi connectivity index (χ4v) is 2.81. The Balaban J connectivity index is 2.01. The van der Waals surface area contributed by atoms with Crippen LogP contribution in [0.1, 0.15) is 24.8 Å². The molecule has 2 rings (SSSR count). The summed E-state index contributed by atoms with van der Waals surface area (Å²) < 4.78 is 19.3. The number of halogens is 1. The number of hydrogen-bond donors (Lipinski definition) is 2. The number of aliphatic hydroxyl groups is 1. The molecule has 4 nitrogen and oxygen atoms in total. The number of benzene rings is 1. The standard InChI is InChI=1S/C16H25FN2O2/c1-21-9-7-18-11-13-5-6-16(15(17)10-13)19-8-3-2-4-14(19)12-20/h5-6,10,14,18,20H,2-4,7-9,11-12H2,1H3. The molecule has 1 saturated heterocycles. The van der Waals surface area contributed by atoms with E-state index in [-0.39, 0.29) is 18.5 Å². The Kier molecular flexibility index (Phi) is 6.42. The lowest BCUT2D eigenvalue weighted by Gasteiger charge is -2.36. The summed E-state index contributed by atoms with van der Waals surface area (Å²) in [6.45, 7) is 2.92. The Morgan fingerprint density at radius 1 is 1.43 bits per heavy atom. The quantitative estimate of drug-likeness (QED) is 0.755. The molecule has 0 bridgehead atoms. The van der Waals surface area contributed by atoms with Crippen LogP contribution < -0.4 is 10.2 Å². The maximum Gasteiger partial charge on any atom is 0.146 e. The van der Waals surface area contributed by atoms with Crippen molar-refractivity contribution in [2.24, 2.45) is 0 Å². The first kappa shape index (κ1) is 16.2. The third-order valence-electron chi connectivity index (χ3n) is 3.97. The molecule has 0 amide bonds. The van der Waals surface area contributed by atoms with Crippen LogP contribution in [0.4, 0.5) is 10.1 Å². The first-order valence-electron chi connectivity index (χ1n) is 7.62. The van der Waals surface area contributed by atoms with Gasteiger partial charge in [-0.2, -0.15) is 0 Å². The lowest BCUT2D eigenvalue weighted by atomic mass is 10.0. The van der Waals surface area contributed by atoms with E-state index >= 15 is 0 Å². The van der Waals surface area contributed by atoms with Gasteiger partial charge >= 0.3 is 0 Å². The number of aliphatic hydroxyl groups excluding tert-OH is 1. The lowest BCUT2D eigenvalue weighted by Crippen LogP contribution is -2.42. The summed E-state index contributed by atoms with van der Waals surface area (Å²) in [5, 5.41) is 12.7. The van der Waals surface area contributed by atoms with Gasteiger partial charge in [-0.3, -0.25) is 0 Å². The Hall–Kier alpha value is -1.17. The van der Waals surface area contributed by atoms with Gasteiger partial charge in [0.2, 0.25) is 0 Å². The number of piperidine rings is 1. The first-order chi connectivity index (χ1) is 10.3. The fraction of sp³-hybridized carbons (Fsp3) is 0.625. The topological polar surface area (TPSA) is 44.7 Å². The summed E-state index contributed by atoms with van der Waals surface area (Å²) in [5.74, 6) is -0.207. The van der Waals surface area contributed by atoms with Crippen molar-refractivity contribution < 1.29 is 14.2 Å². The van der Waals surface area contributed by atoms with E-state index in [1.807, 2.05) is 17.0 Å². The van der Waals surface area contributed by atoms with Crippen LogP contribution in [0.2, 0.25) is 0 Å². The van der Waals surface area contributed by atoms with Gasteiger partial charge in [-0.15, -0.1) is 0 Å². The molecule has 1 fully saturated rings. The average molecular weight is 296 g/mol. The molecule has 1 atom stereocenters. The van der Waals surface area contributed by atoms with Crippen molar-refractivity contribution in [1.82, 2.24) is 5.32 Å². The first-order valence-corrected chi connectivity index (χ1v) is 7.62. The lowest BCUT2D eigenvalue weighted by molar-refractivity contribution is 0.199. The molecule has 0 spiro atoms. The highest BCUT2D eigenvalue weighted by molar-refractivity contribution is 5.50. The van der Waals surface area contributed by atoms with Gasteiger partial charge in [-0.05, 0) is 37.0 Å². The molecular weight excluding hydrogens is 271 g/mol. The van der Waals surface area contributed by atoms with Crippen molar-refractivity contribution >= 4 is 5.69 Å². The number of nitrogens with zero attached hydrogens (tertiary/aromatic N) is 1. The fourth-order valence-electron chi connectivity index (χ4n) is 2.81. The summed E-state index contributed by atoms with van der Waals surface area (Å²) in [4.78, 5) is 2.00. The molecule has 5 heteroatoms. The van der Waals surface area contributed by atoms with E-state index < -0.39 is 0 Å². The Morgan fingerprint density at radius 3 is 3.00 bits per heavy atom. The Morgan fingerprint density at radius 2 is 2.29 bits per heavy atom. The van der Waals surface area contributed by atoms with Crippen LogP contribution in [0.15, 0.2) is 18.2 Å². The smallest absolute Gasteiger partial charge is 0.146 e. The Labute approximate surface area is 125 Å². The summed E-state index contributed by atoms with van der Waals surface area (Å²) >= 11 is 0. The molecule has 1 aliphatic heterocycles. The number of methoxy groups -OCH3 is 1. The minimum absolute atomic E-state index is 0.0407. The van der Waals surface area contributed by atoms with Crippen LogP contribution >= 0.6 is 0 Å². The largest absolute Gasteiger partial charge is 0.394 e. The van der Waals surface area contributed by atoms with Crippen molar-refractivity contribution in [2.45, 2.75) is 31.8 Å². The van der Waals surface area contributed by atoms with E-state index in [2.05, 4.69) is 5.32 Å². The van der Waals surface area contributed by atoms with Crippen LogP contribution in [0.25, 0.3) is 0 Å². The molecule has 1 aromatic rings. The van der Waals surface area contributed by atoms with E-state index in [1.54, 1.807) is 13.2 Å². The number of rotatable bonds is 7. The molecule has 1 aromatic carbocycles. The SMILES string of the molecule is COCCNCc1ccc(N2CCCCC2CO)c(F)c1. The van der Waals surface area contributed by atoms with E-state index in [0.717, 1.165) is 37.9 Å². The molecule has 1 heterocycles. The zero-order valence-corrected chi connectivity index (χ0v) is 12.6. The van der Waals surface area contributed by atoms with Crippen molar-refractivity contribution in [3.63, 3.8) is 0 Å². The van der Waals surface area contributed by atoms with Gasteiger partial charge in [0.15, 0.2) is 0 Å². The Bertz CT molecular complexity index is 442. The number of nitrogens with one attached hydrogen (secondary N) is 1. The highest BCUT2D eigenvalue weighted by Crippen LogP contribution is 2.27. The highest BCUT2D eigenvalue weighted by atomic mass is 19.1. The third kappa shape index (κ3) is 4.40. The molecular formula is C16H25FN2O2. The molecule has 0 aliphatic carbocycles. The maximum absolute atomic E-state index is 14.3. The van der Waals surface area contributed by atoms with E-state index in [9.17, 15) is 9.50 Å². The zero-order valence-electron chi connectivity index (χ0n) is 12.6. The second-order valence-electron chi connectivity index (χ2n) is 5.48. The predicted octanol–water partition coefficient (Wildman–Crippen LogP) is 1.91. The van der Waals surface area contributed by atoms with Crippen LogP contribution in [-0.4, -0.2) is 44.6 Å². The number of ether oxygens (including phenoxy) is 1. The van der Waals surface area contributed by atoms with E-state index in [4.69, 9.17) is 4.74 Å². The van der Waals surface area contributed by atoms with Gasteiger partial charge in [-0.25, -0.2) is 4.39 Å². The van der Waals surface area contributed by atoms with Gasteiger partial charge in [0, 0.05) is 26.7 Å². The van der Waals surface area contributed by atoms with Crippen molar-refractivity contribution in [2.75, 3.05) is 38.3 Å². The molecule has 0 saturated carbocycles. The molecule has 118 valence electrons. The average Bonchev–Trinajstić information content (AvgIpc) is 2.52. The molecule has 2 N–H and O–H groups in total. The van der Waals surface area contributed by atoms with E-state index in [0.29, 0.717) is 18.8 Å². The van der Waals surface area contributed by atoms with Gasteiger partial charge in [0.05, 0.1) is 24.9 Å². The van der Waals surface area contributed by atoms with Gasteiger partial charge in [-0.1, -0.05) is 6.07 Å². The van der Waals surface area contributed by atoms with Crippen LogP contribution in [0.5, 0.6) is 0 Å². The number of hydrogen-bond acceptors (Lipinski definition) is 4. The summed E-state index contributed by atoms with van der Waals surface area (Å²) in [5.41, 5.74) is 1.53. The van der Waals surface area contributed by atoms with Crippen molar-refractivity contribution in [3.8, 4) is 0 Å². The summed E-state index contributed by atoms with van der Waals surface area (Å²) in [7, 11) is 1.66. The van der Waals surface area contributed by atoms with E-state index in [1.165, 1.54) is 0 Å². The second-order valence-corrected chi connectivity index (χ2v) is 5.48. The number of anilines is 1. The second kappa shape index (κ2) is 8.32. The molecule has 1 unspecified atom stereocenters. The molecule has 1 aliphatic rings. The van der Waals surface area contributed by atoms with Crippen LogP contribution in [0, 0.1) is 5.82 Å². The van der Waals surface area contributed by atoms with Crippen LogP contribution in [-0.2, 0) is 11.3 Å². The molecule has 0 aromatic heterocycles. The summed E-state index contributed by atoms with van der Waals surface area (Å²) in [6, 6.07) is 5.40. The molecule has 0 radical (unpaired) electrons. The van der Waals surface area contributed by atoms with Crippen molar-refractivity contribution in [1.29, 1.82) is 0 Å². The van der Waals surface area contributed by atoms with Crippen LogP contribution in [0.3, 0.4) is 0 Å². The monoisotopic (exact) mass is 296 g/mol. The third-order valence-corrected chi connectivity index (χ3v) is 3.97. The van der Waals surface area contributed by atoms with Crippen molar-refractivity contribution in [3.05, 3.63) is 29.6 Å². The summed E-state index contributed by atoms with van der Waals surface area (Å²) in [6.07, 6.45) is 3.08. The maximum atomic E-state index is 14.3. The minimum Gasteiger partial charge on any atom is -0.394 e. The highest BCUT2D eigenvalue weighted by Gasteiger charge is 2.24. The van der Waals surface area contributed by atoms with Gasteiger partial charge in [0.25, 0.3) is 0 Å². The predicted molar refractivity (Wildman–Crippen MR) is 82.1 cm³/mol.